The number of ether oxygens (including phenoxy) is 3. The van der Waals surface area contributed by atoms with Crippen molar-refractivity contribution in [2.75, 3.05) is 6.61 Å². The molecule has 7 heteroatoms. The molecule has 1 aliphatic rings. The number of rotatable bonds is 6. The molecule has 27 heavy (non-hydrogen) atoms. The number of fused-ring (bicyclic) bond motifs is 1. The van der Waals surface area contributed by atoms with Crippen molar-refractivity contribution in [1.29, 1.82) is 0 Å². The maximum Gasteiger partial charge on any atom is 0.337 e. The van der Waals surface area contributed by atoms with Crippen LogP contribution in [0.4, 0.5) is 0 Å². The number of ketones is 1. The van der Waals surface area contributed by atoms with Crippen molar-refractivity contribution < 1.29 is 33.7 Å². The maximum atomic E-state index is 12.5. The number of benzene rings is 1. The van der Waals surface area contributed by atoms with Gasteiger partial charge >= 0.3 is 11.9 Å². The zero-order chi connectivity index (χ0) is 20.3. The lowest BCUT2D eigenvalue weighted by atomic mass is 9.98. The first-order valence-electron chi connectivity index (χ1n) is 8.35. The smallest absolute Gasteiger partial charge is 0.337 e. The number of Topliss-reactive ketones (excluding diaryl/α,β-unsaturated/α-hetero) is 1. The zero-order valence-corrected chi connectivity index (χ0v) is 15.7. The molecule has 7 nitrogen and oxygen atoms in total. The summed E-state index contributed by atoms with van der Waals surface area (Å²) in [6.07, 6.45) is -0.0244. The Labute approximate surface area is 157 Å². The van der Waals surface area contributed by atoms with Crippen LogP contribution in [0, 0.1) is 0 Å². The van der Waals surface area contributed by atoms with Gasteiger partial charge in [-0.15, -0.1) is 0 Å². The highest BCUT2D eigenvalue weighted by molar-refractivity contribution is 5.97. The fraction of sp³-hybridized carbons (Fsp3) is 0.350. The van der Waals surface area contributed by atoms with E-state index in [1.165, 1.54) is 32.1 Å². The molecule has 1 N–H and O–H groups in total. The van der Waals surface area contributed by atoms with E-state index in [0.717, 1.165) is 0 Å². The van der Waals surface area contributed by atoms with Crippen LogP contribution in [-0.2, 0) is 19.1 Å². The second-order valence-electron chi connectivity index (χ2n) is 6.27. The highest BCUT2D eigenvalue weighted by Gasteiger charge is 2.39. The van der Waals surface area contributed by atoms with E-state index in [2.05, 4.69) is 6.58 Å². The third-order valence-corrected chi connectivity index (χ3v) is 4.10. The Hall–Kier alpha value is -3.09. The van der Waals surface area contributed by atoms with E-state index in [0.29, 0.717) is 16.9 Å². The van der Waals surface area contributed by atoms with E-state index in [4.69, 9.17) is 14.2 Å². The summed E-state index contributed by atoms with van der Waals surface area (Å²) in [6.45, 7) is 9.56. The number of allylic oxidation sites excluding steroid dienone is 1. The SMILES string of the molecule is C=C(C)C1Oc2cc(O)c(C(C)=O)cc2C1OC(=O)C(=CC)COC(C)=O. The molecule has 144 valence electrons. The Morgan fingerprint density at radius 2 is 1.93 bits per heavy atom. The topological polar surface area (TPSA) is 99.1 Å². The van der Waals surface area contributed by atoms with Crippen molar-refractivity contribution in [2.24, 2.45) is 0 Å². The van der Waals surface area contributed by atoms with Gasteiger partial charge in [0.2, 0.25) is 0 Å². The minimum atomic E-state index is -0.851. The summed E-state index contributed by atoms with van der Waals surface area (Å²) >= 11 is 0. The summed E-state index contributed by atoms with van der Waals surface area (Å²) in [5, 5.41) is 10.00. The number of esters is 2. The van der Waals surface area contributed by atoms with Gasteiger partial charge in [-0.05, 0) is 32.4 Å². The van der Waals surface area contributed by atoms with Crippen LogP contribution < -0.4 is 4.74 Å². The van der Waals surface area contributed by atoms with Crippen molar-refractivity contribution in [3.05, 3.63) is 47.1 Å². The fourth-order valence-corrected chi connectivity index (χ4v) is 2.67. The summed E-state index contributed by atoms with van der Waals surface area (Å²) in [6, 6.07) is 2.78. The van der Waals surface area contributed by atoms with Crippen LogP contribution in [-0.4, -0.2) is 35.5 Å². The van der Waals surface area contributed by atoms with E-state index in [9.17, 15) is 19.5 Å². The fourth-order valence-electron chi connectivity index (χ4n) is 2.67. The van der Waals surface area contributed by atoms with Gasteiger partial charge in [-0.1, -0.05) is 12.7 Å². The number of phenolic OH excluding ortho intramolecular Hbond substituents is 1. The van der Waals surface area contributed by atoms with Gasteiger partial charge in [0, 0.05) is 18.6 Å². The minimum Gasteiger partial charge on any atom is -0.507 e. The monoisotopic (exact) mass is 374 g/mol. The molecule has 1 aromatic rings. The highest BCUT2D eigenvalue weighted by atomic mass is 16.6. The average molecular weight is 374 g/mol. The predicted octanol–water partition coefficient (Wildman–Crippen LogP) is 3.03. The number of phenols is 1. The van der Waals surface area contributed by atoms with Crippen molar-refractivity contribution in [3.63, 3.8) is 0 Å². The van der Waals surface area contributed by atoms with E-state index in [1.807, 2.05) is 0 Å². The van der Waals surface area contributed by atoms with Gasteiger partial charge in [-0.3, -0.25) is 9.59 Å². The van der Waals surface area contributed by atoms with Gasteiger partial charge in [-0.25, -0.2) is 4.79 Å². The van der Waals surface area contributed by atoms with Crippen LogP contribution in [0.2, 0.25) is 0 Å². The Balaban J connectivity index is 2.35. The largest absolute Gasteiger partial charge is 0.507 e. The van der Waals surface area contributed by atoms with Gasteiger partial charge in [0.05, 0.1) is 11.1 Å². The third-order valence-electron chi connectivity index (χ3n) is 4.10. The van der Waals surface area contributed by atoms with Crippen molar-refractivity contribution in [2.45, 2.75) is 39.9 Å². The van der Waals surface area contributed by atoms with Gasteiger partial charge < -0.3 is 19.3 Å². The molecular formula is C20H22O7. The Morgan fingerprint density at radius 3 is 2.44 bits per heavy atom. The van der Waals surface area contributed by atoms with Crippen LogP contribution in [0.25, 0.3) is 0 Å². The van der Waals surface area contributed by atoms with Crippen molar-refractivity contribution >= 4 is 17.7 Å². The molecule has 0 saturated carbocycles. The number of hydrogen-bond acceptors (Lipinski definition) is 7. The molecule has 2 unspecified atom stereocenters. The molecule has 1 aromatic carbocycles. The number of hydrogen-bond donors (Lipinski definition) is 1. The van der Waals surface area contributed by atoms with Crippen molar-refractivity contribution in [1.82, 2.24) is 0 Å². The summed E-state index contributed by atoms with van der Waals surface area (Å²) in [5.74, 6) is -1.42. The lowest BCUT2D eigenvalue weighted by Crippen LogP contribution is -2.26. The Morgan fingerprint density at radius 1 is 1.26 bits per heavy atom. The normalized spacial score (nSPS) is 18.3. The Bertz CT molecular complexity index is 835. The van der Waals surface area contributed by atoms with E-state index in [1.54, 1.807) is 13.8 Å². The Kier molecular flexibility index (Phi) is 6.05. The molecule has 0 aromatic heterocycles. The number of carbonyl (C=O) groups excluding carboxylic acids is 3. The first kappa shape index (κ1) is 20.2. The molecule has 1 aliphatic heterocycles. The van der Waals surface area contributed by atoms with Gasteiger partial charge in [0.15, 0.2) is 18.0 Å². The number of aromatic hydroxyl groups is 1. The molecule has 0 spiro atoms. The maximum absolute atomic E-state index is 12.5. The molecule has 1 heterocycles. The third kappa shape index (κ3) is 4.36. The van der Waals surface area contributed by atoms with Crippen LogP contribution in [0.5, 0.6) is 11.5 Å². The average Bonchev–Trinajstić information content (AvgIpc) is 2.91. The number of carbonyl (C=O) groups is 3. The van der Waals surface area contributed by atoms with Crippen molar-refractivity contribution in [3.8, 4) is 11.5 Å². The molecule has 2 rings (SSSR count). The first-order chi connectivity index (χ1) is 12.6. The summed E-state index contributed by atoms with van der Waals surface area (Å²) in [5.41, 5.74) is 1.34. The molecule has 0 fully saturated rings. The van der Waals surface area contributed by atoms with Gasteiger partial charge in [0.1, 0.15) is 18.1 Å². The summed E-state index contributed by atoms with van der Waals surface area (Å²) in [4.78, 5) is 35.2. The summed E-state index contributed by atoms with van der Waals surface area (Å²) < 4.78 is 16.2. The lowest BCUT2D eigenvalue weighted by molar-refractivity contribution is -0.148. The second-order valence-corrected chi connectivity index (χ2v) is 6.27. The molecule has 0 radical (unpaired) electrons. The first-order valence-corrected chi connectivity index (χ1v) is 8.35. The van der Waals surface area contributed by atoms with Crippen LogP contribution in [0.3, 0.4) is 0 Å². The van der Waals surface area contributed by atoms with Crippen LogP contribution in [0.15, 0.2) is 35.9 Å². The summed E-state index contributed by atoms with van der Waals surface area (Å²) in [7, 11) is 0. The standard InChI is InChI=1S/C20H22O7/c1-6-13(9-25-12(5)22)20(24)27-19-15-7-14(11(4)21)16(23)8-17(15)26-18(19)10(2)3/h6-8,18-19,23H,2,9H2,1,3-5H3. The molecule has 0 aliphatic carbocycles. The van der Waals surface area contributed by atoms with Gasteiger partial charge in [-0.2, -0.15) is 0 Å². The van der Waals surface area contributed by atoms with E-state index >= 15 is 0 Å². The molecule has 0 amide bonds. The predicted molar refractivity (Wildman–Crippen MR) is 96.6 cm³/mol. The highest BCUT2D eigenvalue weighted by Crippen LogP contribution is 2.44. The quantitative estimate of drug-likeness (QED) is 0.354. The van der Waals surface area contributed by atoms with E-state index < -0.39 is 24.1 Å². The van der Waals surface area contributed by atoms with E-state index in [-0.39, 0.29) is 29.3 Å². The van der Waals surface area contributed by atoms with Gasteiger partial charge in [0.25, 0.3) is 0 Å². The van der Waals surface area contributed by atoms with Crippen LogP contribution in [0.1, 0.15) is 49.7 Å². The minimum absolute atomic E-state index is 0.104. The molecule has 2 atom stereocenters. The van der Waals surface area contributed by atoms with Crippen LogP contribution >= 0.6 is 0 Å². The molecule has 0 bridgehead atoms. The zero-order valence-electron chi connectivity index (χ0n) is 15.7. The second kappa shape index (κ2) is 8.07. The molecular weight excluding hydrogens is 352 g/mol. The molecule has 0 saturated heterocycles. The lowest BCUT2D eigenvalue weighted by Gasteiger charge is -2.20.